The lowest BCUT2D eigenvalue weighted by molar-refractivity contribution is -0.135. The number of imide groups is 1. The monoisotopic (exact) mass is 367 g/mol. The molecule has 7 heteroatoms. The summed E-state index contributed by atoms with van der Waals surface area (Å²) in [6.45, 7) is 9.59. The molecule has 0 aliphatic heterocycles. The summed E-state index contributed by atoms with van der Waals surface area (Å²) in [5.74, 6) is 0. The topological polar surface area (TPSA) is 72.9 Å². The van der Waals surface area contributed by atoms with Gasteiger partial charge in [-0.3, -0.25) is 4.79 Å². The second-order valence-electron chi connectivity index (χ2n) is 7.84. The predicted molar refractivity (Wildman–Crippen MR) is 94.4 cm³/mol. The summed E-state index contributed by atoms with van der Waals surface area (Å²) in [6.07, 6.45) is -2.47. The van der Waals surface area contributed by atoms with Crippen molar-refractivity contribution in [1.29, 1.82) is 0 Å². The molecule has 0 aromatic heterocycles. The molecule has 1 rings (SSSR count). The highest BCUT2D eigenvalue weighted by Gasteiger charge is 2.40. The van der Waals surface area contributed by atoms with Gasteiger partial charge < -0.3 is 9.47 Å². The molecule has 0 bridgehead atoms. The first-order valence-electron chi connectivity index (χ1n) is 8.28. The number of rotatable bonds is 4. The number of hydrogen-bond acceptors (Lipinski definition) is 5. The van der Waals surface area contributed by atoms with Crippen molar-refractivity contribution in [3.05, 3.63) is 35.9 Å². The Labute approximate surface area is 153 Å². The summed E-state index contributed by atoms with van der Waals surface area (Å²) in [6, 6.07) is 5.00. The van der Waals surface area contributed by atoms with E-state index in [1.165, 1.54) is 0 Å². The second kappa shape index (κ2) is 8.29. The average Bonchev–Trinajstić information content (AvgIpc) is 2.43. The van der Waals surface area contributed by atoms with Crippen molar-refractivity contribution in [3.63, 3.8) is 0 Å². The molecule has 1 atom stereocenters. The van der Waals surface area contributed by atoms with Crippen molar-refractivity contribution in [2.45, 2.75) is 65.2 Å². The average molecular weight is 367 g/mol. The van der Waals surface area contributed by atoms with Crippen LogP contribution in [0.4, 0.5) is 14.0 Å². The molecule has 1 aromatic rings. The molecule has 2 amide bonds. The van der Waals surface area contributed by atoms with Gasteiger partial charge in [0, 0.05) is 6.42 Å². The first kappa shape index (κ1) is 21.6. The third-order valence-electron chi connectivity index (χ3n) is 3.03. The minimum Gasteiger partial charge on any atom is -0.443 e. The van der Waals surface area contributed by atoms with Crippen LogP contribution in [-0.4, -0.2) is 40.4 Å². The van der Waals surface area contributed by atoms with Gasteiger partial charge in [0.2, 0.25) is 0 Å². The Balaban J connectivity index is 3.22. The van der Waals surface area contributed by atoms with Crippen molar-refractivity contribution >= 4 is 18.2 Å². The molecule has 0 saturated carbocycles. The number of carbonyl (C=O) groups is 3. The van der Waals surface area contributed by atoms with E-state index >= 15 is 0 Å². The largest absolute Gasteiger partial charge is 0.443 e. The van der Waals surface area contributed by atoms with Crippen molar-refractivity contribution in [3.8, 4) is 0 Å². The lowest BCUT2D eigenvalue weighted by atomic mass is 10.1. The molecule has 144 valence electrons. The van der Waals surface area contributed by atoms with Crippen LogP contribution < -0.4 is 0 Å². The normalized spacial score (nSPS) is 12.9. The summed E-state index contributed by atoms with van der Waals surface area (Å²) >= 11 is 0. The van der Waals surface area contributed by atoms with Gasteiger partial charge in [0.05, 0.1) is 0 Å². The Morgan fingerprint density at radius 1 is 0.923 bits per heavy atom. The molecule has 0 unspecified atom stereocenters. The SMILES string of the molecule is CC(C)(C)OC(=O)N(C(=O)OC(C)(C)C)[C@@H](Cc1ccccc1)C(=O)F. The maximum Gasteiger partial charge on any atom is 0.420 e. The zero-order valence-corrected chi connectivity index (χ0v) is 16.0. The third-order valence-corrected chi connectivity index (χ3v) is 3.03. The number of carbonyl (C=O) groups excluding carboxylic acids is 3. The molecule has 0 spiro atoms. The van der Waals surface area contributed by atoms with Crippen LogP contribution in [0.15, 0.2) is 30.3 Å². The van der Waals surface area contributed by atoms with Gasteiger partial charge in [-0.1, -0.05) is 30.3 Å². The van der Waals surface area contributed by atoms with Crippen LogP contribution in [0.2, 0.25) is 0 Å². The van der Waals surface area contributed by atoms with Crippen molar-refractivity contribution < 1.29 is 28.2 Å². The number of amides is 2. The molecule has 0 N–H and O–H groups in total. The predicted octanol–water partition coefficient (Wildman–Crippen LogP) is 4.27. The summed E-state index contributed by atoms with van der Waals surface area (Å²) in [5.41, 5.74) is -1.29. The highest BCUT2D eigenvalue weighted by atomic mass is 19.1. The fourth-order valence-corrected chi connectivity index (χ4v) is 2.06. The van der Waals surface area contributed by atoms with Gasteiger partial charge in [-0.05, 0) is 47.1 Å². The highest BCUT2D eigenvalue weighted by Crippen LogP contribution is 2.20. The standard InChI is InChI=1S/C19H26FNO5/c1-18(2,3)25-16(23)21(17(24)26-19(4,5)6)14(15(20)22)12-13-10-8-7-9-11-13/h7-11,14H,12H2,1-6H3/t14-/m0/s1. The van der Waals surface area contributed by atoms with Gasteiger partial charge in [0.15, 0.2) is 0 Å². The van der Waals surface area contributed by atoms with Crippen LogP contribution in [0.5, 0.6) is 0 Å². The summed E-state index contributed by atoms with van der Waals surface area (Å²) in [5, 5.41) is 0. The fraction of sp³-hybridized carbons (Fsp3) is 0.526. The number of halogens is 1. The number of ether oxygens (including phenoxy) is 2. The van der Waals surface area contributed by atoms with Crippen LogP contribution in [0.3, 0.4) is 0 Å². The Kier molecular flexibility index (Phi) is 6.89. The maximum absolute atomic E-state index is 13.8. The summed E-state index contributed by atoms with van der Waals surface area (Å²) < 4.78 is 24.1. The quantitative estimate of drug-likeness (QED) is 0.743. The van der Waals surface area contributed by atoms with E-state index in [1.54, 1.807) is 71.9 Å². The zero-order valence-electron chi connectivity index (χ0n) is 16.0. The number of benzene rings is 1. The van der Waals surface area contributed by atoms with Crippen LogP contribution in [0, 0.1) is 0 Å². The molecule has 0 aliphatic carbocycles. The molecule has 6 nitrogen and oxygen atoms in total. The van der Waals surface area contributed by atoms with Gasteiger partial charge in [-0.15, -0.1) is 0 Å². The zero-order chi connectivity index (χ0) is 20.1. The number of hydrogen-bond donors (Lipinski definition) is 0. The van der Waals surface area contributed by atoms with E-state index in [9.17, 15) is 18.8 Å². The lowest BCUT2D eigenvalue weighted by Gasteiger charge is -2.31. The van der Waals surface area contributed by atoms with Gasteiger partial charge >= 0.3 is 18.2 Å². The van der Waals surface area contributed by atoms with Gasteiger partial charge in [-0.25, -0.2) is 9.59 Å². The summed E-state index contributed by atoms with van der Waals surface area (Å²) in [7, 11) is 0. The van der Waals surface area contributed by atoms with Crippen molar-refractivity contribution in [2.75, 3.05) is 0 Å². The molecule has 0 heterocycles. The van der Waals surface area contributed by atoms with Gasteiger partial charge in [0.25, 0.3) is 0 Å². The molecule has 26 heavy (non-hydrogen) atoms. The van der Waals surface area contributed by atoms with Crippen LogP contribution in [0.1, 0.15) is 47.1 Å². The van der Waals surface area contributed by atoms with Crippen LogP contribution in [-0.2, 0) is 20.7 Å². The number of nitrogens with zero attached hydrogens (tertiary/aromatic N) is 1. The smallest absolute Gasteiger partial charge is 0.420 e. The minimum absolute atomic E-state index is 0.186. The Morgan fingerprint density at radius 3 is 1.69 bits per heavy atom. The van der Waals surface area contributed by atoms with E-state index in [-0.39, 0.29) is 6.42 Å². The Morgan fingerprint density at radius 2 is 1.35 bits per heavy atom. The maximum atomic E-state index is 13.8. The van der Waals surface area contributed by atoms with E-state index in [4.69, 9.17) is 9.47 Å². The van der Waals surface area contributed by atoms with E-state index in [0.717, 1.165) is 0 Å². The third kappa shape index (κ3) is 7.21. The molecule has 0 saturated heterocycles. The van der Waals surface area contributed by atoms with E-state index in [1.807, 2.05) is 0 Å². The van der Waals surface area contributed by atoms with Crippen molar-refractivity contribution in [1.82, 2.24) is 4.90 Å². The first-order chi connectivity index (χ1) is 11.8. The fourth-order valence-electron chi connectivity index (χ4n) is 2.06. The van der Waals surface area contributed by atoms with E-state index < -0.39 is 35.5 Å². The second-order valence-corrected chi connectivity index (χ2v) is 7.84. The van der Waals surface area contributed by atoms with E-state index in [2.05, 4.69) is 0 Å². The van der Waals surface area contributed by atoms with E-state index in [0.29, 0.717) is 10.5 Å². The summed E-state index contributed by atoms with van der Waals surface area (Å²) in [4.78, 5) is 37.0. The van der Waals surface area contributed by atoms with Crippen LogP contribution >= 0.6 is 0 Å². The molecule has 0 fully saturated rings. The van der Waals surface area contributed by atoms with Gasteiger partial charge in [-0.2, -0.15) is 9.29 Å². The van der Waals surface area contributed by atoms with Gasteiger partial charge in [0.1, 0.15) is 17.2 Å². The minimum atomic E-state index is -1.83. The Bertz CT molecular complexity index is 618. The molecule has 0 radical (unpaired) electrons. The molecular formula is C19H26FNO5. The van der Waals surface area contributed by atoms with Crippen LogP contribution in [0.25, 0.3) is 0 Å². The molecule has 0 aliphatic rings. The highest BCUT2D eigenvalue weighted by molar-refractivity contribution is 5.94. The van der Waals surface area contributed by atoms with Crippen molar-refractivity contribution in [2.24, 2.45) is 0 Å². The first-order valence-corrected chi connectivity index (χ1v) is 8.28. The molecule has 1 aromatic carbocycles. The lowest BCUT2D eigenvalue weighted by Crippen LogP contribution is -2.52. The molecular weight excluding hydrogens is 341 g/mol. The Hall–Kier alpha value is -2.44.